The van der Waals surface area contributed by atoms with Crippen LogP contribution in [0.4, 0.5) is 13.2 Å². The molecular formula is C29H34F3N3O7. The highest BCUT2D eigenvalue weighted by molar-refractivity contribution is 6.24. The molecule has 1 aromatic rings. The monoisotopic (exact) mass is 593 g/mol. The number of alkyl halides is 3. The minimum atomic E-state index is -4.87. The van der Waals surface area contributed by atoms with E-state index < -0.39 is 99.1 Å². The second-order valence-corrected chi connectivity index (χ2v) is 11.8. The molecule has 13 heteroatoms. The number of aromatic hydroxyl groups is 1. The predicted octanol–water partition coefficient (Wildman–Crippen LogP) is 2.58. The van der Waals surface area contributed by atoms with Gasteiger partial charge in [-0.15, -0.1) is 0 Å². The number of hydrogen-bond acceptors (Lipinski definition) is 9. The van der Waals surface area contributed by atoms with Crippen molar-refractivity contribution in [2.75, 3.05) is 13.1 Å². The van der Waals surface area contributed by atoms with Crippen LogP contribution in [0.15, 0.2) is 23.0 Å². The van der Waals surface area contributed by atoms with Crippen molar-refractivity contribution >= 4 is 23.2 Å². The van der Waals surface area contributed by atoms with Gasteiger partial charge in [-0.3, -0.25) is 19.3 Å². The van der Waals surface area contributed by atoms with Crippen LogP contribution >= 0.6 is 0 Å². The number of phenolic OH excluding ortho intramolecular Hbond substituents is 1. The number of phenols is 1. The first kappa shape index (κ1) is 30.1. The quantitative estimate of drug-likeness (QED) is 0.281. The number of benzene rings is 1. The Morgan fingerprint density at radius 3 is 2.43 bits per heavy atom. The van der Waals surface area contributed by atoms with Crippen LogP contribution in [-0.4, -0.2) is 73.6 Å². The molecular weight excluding hydrogens is 559 g/mol. The van der Waals surface area contributed by atoms with Gasteiger partial charge in [0, 0.05) is 23.6 Å². The third-order valence-corrected chi connectivity index (χ3v) is 9.30. The van der Waals surface area contributed by atoms with Gasteiger partial charge in [0.25, 0.3) is 5.91 Å². The van der Waals surface area contributed by atoms with E-state index in [0.717, 1.165) is 6.07 Å². The van der Waals surface area contributed by atoms with Crippen molar-refractivity contribution in [2.24, 2.45) is 17.6 Å². The predicted molar refractivity (Wildman–Crippen MR) is 143 cm³/mol. The van der Waals surface area contributed by atoms with Crippen molar-refractivity contribution in [3.05, 3.63) is 45.2 Å². The Hall–Kier alpha value is -3.42. The summed E-state index contributed by atoms with van der Waals surface area (Å²) in [4.78, 5) is 41.6. The molecule has 0 radical (unpaired) electrons. The maximum Gasteiger partial charge on any atom is 0.417 e. The van der Waals surface area contributed by atoms with Crippen molar-refractivity contribution in [1.29, 1.82) is 0 Å². The van der Waals surface area contributed by atoms with E-state index in [2.05, 4.69) is 5.32 Å². The van der Waals surface area contributed by atoms with E-state index in [1.165, 1.54) is 0 Å². The van der Waals surface area contributed by atoms with Crippen LogP contribution in [0.3, 0.4) is 0 Å². The average Bonchev–Trinajstić information content (AvgIpc) is 3.42. The van der Waals surface area contributed by atoms with Crippen molar-refractivity contribution in [2.45, 2.75) is 76.4 Å². The van der Waals surface area contributed by atoms with Gasteiger partial charge in [0.05, 0.1) is 17.2 Å². The number of Topliss-reactive ketones (excluding diaryl/α,β-unsaturated/α-hetero) is 2. The Morgan fingerprint density at radius 1 is 1.24 bits per heavy atom. The van der Waals surface area contributed by atoms with E-state index in [0.29, 0.717) is 19.4 Å². The molecule has 5 atom stereocenters. The highest BCUT2D eigenvalue weighted by Crippen LogP contribution is 2.55. The van der Waals surface area contributed by atoms with E-state index in [9.17, 15) is 48.0 Å². The molecule has 4 aliphatic rings. The van der Waals surface area contributed by atoms with Crippen LogP contribution in [0.1, 0.15) is 68.3 Å². The fourth-order valence-electron chi connectivity index (χ4n) is 7.58. The molecule has 1 unspecified atom stereocenters. The van der Waals surface area contributed by atoms with Crippen LogP contribution in [0.5, 0.6) is 5.75 Å². The number of halogens is 3. The van der Waals surface area contributed by atoms with Crippen molar-refractivity contribution in [1.82, 2.24) is 10.2 Å². The third-order valence-electron chi connectivity index (χ3n) is 9.30. The number of carbonyl (C=O) groups is 3. The number of ketones is 2. The Kier molecular flexibility index (Phi) is 7.22. The molecule has 2 fully saturated rings. The summed E-state index contributed by atoms with van der Waals surface area (Å²) in [6.45, 7) is 5.92. The number of rotatable bonds is 5. The summed E-state index contributed by atoms with van der Waals surface area (Å²) in [6, 6.07) is -1.41. The zero-order valence-electron chi connectivity index (χ0n) is 23.4. The van der Waals surface area contributed by atoms with Gasteiger partial charge < -0.3 is 31.5 Å². The molecule has 0 aromatic heterocycles. The number of amides is 1. The highest BCUT2D eigenvalue weighted by atomic mass is 19.4. The number of aliphatic hydroxyl groups is 3. The fourth-order valence-corrected chi connectivity index (χ4v) is 7.58. The van der Waals surface area contributed by atoms with E-state index in [4.69, 9.17) is 5.73 Å². The summed E-state index contributed by atoms with van der Waals surface area (Å²) in [5, 5.41) is 48.1. The second-order valence-electron chi connectivity index (χ2n) is 11.8. The summed E-state index contributed by atoms with van der Waals surface area (Å²) in [6.07, 6.45) is -4.55. The standard InChI is InChI=1S/C29H34F3N3O7/c1-4-35(11(2)3)22-15-9-12-8-14-19(17(36)10-13(16-6-5-7-34-16)21(14)29(30,31)32)23(37)18(12)25(39)28(15,42)26(40)20(24(22)38)27(33)41/h10-12,15-16,22,34,36-37,40,42H,4-9H2,1-3H3,(H2,33,41)/t12-,15-,16?,22-,28-/m0/s1. The SMILES string of the molecule is CCN(C(C)C)[C@@H]1C(=O)C(C(N)=O)=C(O)[C@@]2(O)C(=O)C3=C(O)c4c(O)cc(C5CCCN5)c(C(F)(F)F)c4C[C@H]3C[C@@H]12. The Bertz CT molecular complexity index is 1440. The van der Waals surface area contributed by atoms with Crippen molar-refractivity contribution < 1.29 is 48.0 Å². The van der Waals surface area contributed by atoms with Gasteiger partial charge in [-0.05, 0) is 75.7 Å². The molecule has 1 saturated heterocycles. The van der Waals surface area contributed by atoms with Crippen LogP contribution in [0, 0.1) is 11.8 Å². The zero-order chi connectivity index (χ0) is 31.0. The van der Waals surface area contributed by atoms with Gasteiger partial charge in [-0.2, -0.15) is 13.2 Å². The first-order valence-corrected chi connectivity index (χ1v) is 14.0. The van der Waals surface area contributed by atoms with Crippen LogP contribution in [0.25, 0.3) is 5.76 Å². The summed E-state index contributed by atoms with van der Waals surface area (Å²) in [5.74, 6) is -8.90. The number of primary amides is 1. The van der Waals surface area contributed by atoms with E-state index >= 15 is 0 Å². The lowest BCUT2D eigenvalue weighted by Gasteiger charge is -2.52. The fraction of sp³-hybridized carbons (Fsp3) is 0.552. The molecule has 1 saturated carbocycles. The Morgan fingerprint density at radius 2 is 1.90 bits per heavy atom. The topological polar surface area (TPSA) is 173 Å². The molecule has 7 N–H and O–H groups in total. The number of nitrogens with one attached hydrogen (secondary N) is 1. The average molecular weight is 594 g/mol. The Balaban J connectivity index is 1.76. The van der Waals surface area contributed by atoms with Gasteiger partial charge in [0.2, 0.25) is 5.78 Å². The minimum absolute atomic E-state index is 0.166. The third kappa shape index (κ3) is 4.15. The lowest BCUT2D eigenvalue weighted by atomic mass is 9.57. The van der Waals surface area contributed by atoms with Gasteiger partial charge in [0.15, 0.2) is 11.4 Å². The number of fused-ring (bicyclic) bond motifs is 3. The minimum Gasteiger partial charge on any atom is -0.508 e. The molecule has 0 spiro atoms. The summed E-state index contributed by atoms with van der Waals surface area (Å²) < 4.78 is 44.0. The molecule has 1 amide bonds. The van der Waals surface area contributed by atoms with Gasteiger partial charge in [0.1, 0.15) is 22.8 Å². The molecule has 42 heavy (non-hydrogen) atoms. The van der Waals surface area contributed by atoms with Crippen molar-refractivity contribution in [3.63, 3.8) is 0 Å². The van der Waals surface area contributed by atoms with E-state index in [-0.39, 0.29) is 30.1 Å². The summed E-state index contributed by atoms with van der Waals surface area (Å²) in [5.41, 5.74) is -1.07. The van der Waals surface area contributed by atoms with Gasteiger partial charge in [-0.25, -0.2) is 0 Å². The molecule has 1 heterocycles. The highest BCUT2D eigenvalue weighted by Gasteiger charge is 2.65. The maximum absolute atomic E-state index is 14.7. The maximum atomic E-state index is 14.7. The Labute approximate surface area is 239 Å². The molecule has 228 valence electrons. The zero-order valence-corrected chi connectivity index (χ0v) is 23.4. The largest absolute Gasteiger partial charge is 0.508 e. The molecule has 0 bridgehead atoms. The molecule has 10 nitrogen and oxygen atoms in total. The van der Waals surface area contributed by atoms with E-state index in [1.807, 2.05) is 0 Å². The van der Waals surface area contributed by atoms with Crippen LogP contribution < -0.4 is 11.1 Å². The van der Waals surface area contributed by atoms with Gasteiger partial charge >= 0.3 is 6.18 Å². The molecule has 1 aromatic carbocycles. The number of carbonyl (C=O) groups excluding carboxylic acids is 3. The molecule has 1 aliphatic heterocycles. The van der Waals surface area contributed by atoms with E-state index in [1.54, 1.807) is 25.7 Å². The number of likely N-dealkylation sites (N-methyl/N-ethyl adjacent to an activating group) is 1. The van der Waals surface area contributed by atoms with Crippen LogP contribution in [0.2, 0.25) is 0 Å². The van der Waals surface area contributed by atoms with Crippen molar-refractivity contribution in [3.8, 4) is 5.75 Å². The van der Waals surface area contributed by atoms with Gasteiger partial charge in [-0.1, -0.05) is 6.92 Å². The summed E-state index contributed by atoms with van der Waals surface area (Å²) >= 11 is 0. The normalized spacial score (nSPS) is 29.7. The van der Waals surface area contributed by atoms with Crippen LogP contribution in [-0.2, 0) is 27.0 Å². The first-order valence-electron chi connectivity index (χ1n) is 14.0. The lowest BCUT2D eigenvalue weighted by molar-refractivity contribution is -0.156. The second kappa shape index (κ2) is 10.1. The number of nitrogens with two attached hydrogens (primary N) is 1. The first-order chi connectivity index (χ1) is 19.6. The summed E-state index contributed by atoms with van der Waals surface area (Å²) in [7, 11) is 0. The lowest BCUT2D eigenvalue weighted by Crippen LogP contribution is -2.67. The number of aliphatic hydroxyl groups excluding tert-OH is 2. The number of nitrogens with zero attached hydrogens (tertiary/aromatic N) is 1. The smallest absolute Gasteiger partial charge is 0.417 e. The number of hydrogen-bond donors (Lipinski definition) is 6. The molecule has 3 aliphatic carbocycles. The molecule has 5 rings (SSSR count).